The molecule has 3 amide bonds. The fraction of sp³-hybridized carbons (Fsp3) is 0.257. The smallest absolute Gasteiger partial charge is 0.435 e. The van der Waals surface area contributed by atoms with E-state index in [1.54, 1.807) is 42.5 Å². The number of nitrogen functional groups attached to an aromatic ring is 1. The minimum absolute atomic E-state index is 0.00760. The molecular formula is C35H40N8O5. The molecule has 0 aliphatic carbocycles. The van der Waals surface area contributed by atoms with Gasteiger partial charge in [-0.1, -0.05) is 61.5 Å². The Labute approximate surface area is 278 Å². The summed E-state index contributed by atoms with van der Waals surface area (Å²) in [6.45, 7) is 6.06. The average Bonchev–Trinajstić information content (AvgIpc) is 3.08. The van der Waals surface area contributed by atoms with Crippen LogP contribution in [-0.2, 0) is 29.2 Å². The quantitative estimate of drug-likeness (QED) is 0.0810. The van der Waals surface area contributed by atoms with Crippen LogP contribution in [0, 0.1) is 0 Å². The average molecular weight is 653 g/mol. The van der Waals surface area contributed by atoms with Crippen molar-refractivity contribution >= 4 is 35.2 Å². The van der Waals surface area contributed by atoms with Crippen molar-refractivity contribution < 1.29 is 19.1 Å². The number of carbonyl (C=O) groups excluding carboxylic acids is 3. The van der Waals surface area contributed by atoms with Gasteiger partial charge in [0.05, 0.1) is 11.9 Å². The summed E-state index contributed by atoms with van der Waals surface area (Å²) in [6, 6.07) is 20.8. The van der Waals surface area contributed by atoms with Crippen LogP contribution in [0.25, 0.3) is 11.3 Å². The van der Waals surface area contributed by atoms with Gasteiger partial charge in [-0.15, -0.1) is 0 Å². The number of benzene rings is 3. The van der Waals surface area contributed by atoms with Crippen LogP contribution in [-0.4, -0.2) is 45.9 Å². The highest BCUT2D eigenvalue weighted by molar-refractivity contribution is 6.02. The lowest BCUT2D eigenvalue weighted by atomic mass is 10.1. The minimum atomic E-state index is -0.806. The molecule has 0 bridgehead atoms. The number of amidine groups is 1. The van der Waals surface area contributed by atoms with Crippen molar-refractivity contribution in [2.45, 2.75) is 52.9 Å². The van der Waals surface area contributed by atoms with Crippen molar-refractivity contribution in [1.82, 2.24) is 20.2 Å². The molecule has 13 heteroatoms. The third-order valence-electron chi connectivity index (χ3n) is 7.36. The summed E-state index contributed by atoms with van der Waals surface area (Å²) < 4.78 is 6.45. The lowest BCUT2D eigenvalue weighted by Crippen LogP contribution is -2.34. The zero-order valence-electron chi connectivity index (χ0n) is 27.2. The summed E-state index contributed by atoms with van der Waals surface area (Å²) in [4.78, 5) is 59.6. The number of ether oxygens (including phenoxy) is 1. The van der Waals surface area contributed by atoms with Crippen molar-refractivity contribution in [3.63, 3.8) is 0 Å². The van der Waals surface area contributed by atoms with Crippen LogP contribution in [0.2, 0.25) is 0 Å². The molecule has 1 heterocycles. The molecule has 0 fully saturated rings. The summed E-state index contributed by atoms with van der Waals surface area (Å²) >= 11 is 0. The van der Waals surface area contributed by atoms with Crippen molar-refractivity contribution in [3.8, 4) is 11.3 Å². The molecule has 1 atom stereocenters. The summed E-state index contributed by atoms with van der Waals surface area (Å²) in [5.74, 6) is -0.654. The Morgan fingerprint density at radius 1 is 0.979 bits per heavy atom. The predicted octanol–water partition coefficient (Wildman–Crippen LogP) is 3.81. The molecule has 0 aliphatic heterocycles. The Morgan fingerprint density at radius 3 is 2.40 bits per heavy atom. The second-order valence-corrected chi connectivity index (χ2v) is 11.1. The highest BCUT2D eigenvalue weighted by atomic mass is 16.5. The molecule has 0 radical (unpaired) electrons. The van der Waals surface area contributed by atoms with Gasteiger partial charge in [0, 0.05) is 41.5 Å². The number of anilines is 2. The van der Waals surface area contributed by atoms with E-state index >= 15 is 0 Å². The second kappa shape index (κ2) is 16.5. The van der Waals surface area contributed by atoms with Crippen molar-refractivity contribution in [2.24, 2.45) is 10.7 Å². The number of nitrogens with zero attached hydrogens (tertiary/aromatic N) is 3. The summed E-state index contributed by atoms with van der Waals surface area (Å²) in [5.41, 5.74) is 15.2. The SMILES string of the molecule is CCNc1ncc(-c2cc(N)cc(C(=O)N[C@H](C)CC)c2)n(CC(=O)NCc2ccc(/C(N)=N/C(=O)OCc3ccccc3)cc2)c1=O. The molecule has 4 rings (SSSR count). The number of nitrogens with two attached hydrogens (primary N) is 2. The number of nitrogens with one attached hydrogen (secondary N) is 3. The van der Waals surface area contributed by atoms with E-state index in [1.807, 2.05) is 51.1 Å². The fourth-order valence-corrected chi connectivity index (χ4v) is 4.61. The van der Waals surface area contributed by atoms with Gasteiger partial charge in [-0.3, -0.25) is 19.0 Å². The Balaban J connectivity index is 1.46. The second-order valence-electron chi connectivity index (χ2n) is 11.1. The summed E-state index contributed by atoms with van der Waals surface area (Å²) in [7, 11) is 0. The molecule has 250 valence electrons. The maximum absolute atomic E-state index is 13.4. The largest absolute Gasteiger partial charge is 0.443 e. The van der Waals surface area contributed by atoms with Gasteiger partial charge < -0.3 is 32.2 Å². The maximum atomic E-state index is 13.4. The molecule has 13 nitrogen and oxygen atoms in total. The third-order valence-corrected chi connectivity index (χ3v) is 7.36. The van der Waals surface area contributed by atoms with Crippen LogP contribution >= 0.6 is 0 Å². The Morgan fingerprint density at radius 2 is 1.71 bits per heavy atom. The van der Waals surface area contributed by atoms with Crippen LogP contribution < -0.4 is 33.0 Å². The van der Waals surface area contributed by atoms with Gasteiger partial charge >= 0.3 is 6.09 Å². The first-order chi connectivity index (χ1) is 23.1. The van der Waals surface area contributed by atoms with Gasteiger partial charge in [-0.2, -0.15) is 4.99 Å². The van der Waals surface area contributed by atoms with E-state index in [9.17, 15) is 19.2 Å². The zero-order chi connectivity index (χ0) is 34.6. The molecule has 4 aromatic rings. The first kappa shape index (κ1) is 34.9. The summed E-state index contributed by atoms with van der Waals surface area (Å²) in [5, 5.41) is 8.65. The number of amides is 3. The van der Waals surface area contributed by atoms with Crippen molar-refractivity contribution in [2.75, 3.05) is 17.6 Å². The monoisotopic (exact) mass is 652 g/mol. The van der Waals surface area contributed by atoms with E-state index < -0.39 is 17.6 Å². The van der Waals surface area contributed by atoms with E-state index in [-0.39, 0.29) is 43.3 Å². The van der Waals surface area contributed by atoms with Crippen LogP contribution in [0.15, 0.2) is 88.8 Å². The summed E-state index contributed by atoms with van der Waals surface area (Å²) in [6.07, 6.45) is 1.42. The molecule has 0 unspecified atom stereocenters. The Bertz CT molecular complexity index is 1840. The number of aromatic nitrogens is 2. The molecule has 7 N–H and O–H groups in total. The van der Waals surface area contributed by atoms with E-state index in [2.05, 4.69) is 25.9 Å². The molecule has 3 aromatic carbocycles. The highest BCUT2D eigenvalue weighted by Crippen LogP contribution is 2.23. The van der Waals surface area contributed by atoms with E-state index in [4.69, 9.17) is 16.2 Å². The number of hydrogen-bond donors (Lipinski definition) is 5. The van der Waals surface area contributed by atoms with Gasteiger partial charge in [-0.25, -0.2) is 9.78 Å². The number of carbonyl (C=O) groups is 3. The van der Waals surface area contributed by atoms with E-state index in [0.717, 1.165) is 17.5 Å². The number of hydrogen-bond acceptors (Lipinski definition) is 8. The van der Waals surface area contributed by atoms with Crippen LogP contribution in [0.3, 0.4) is 0 Å². The first-order valence-electron chi connectivity index (χ1n) is 15.5. The predicted molar refractivity (Wildman–Crippen MR) is 185 cm³/mol. The normalized spacial score (nSPS) is 11.8. The van der Waals surface area contributed by atoms with Gasteiger partial charge in [-0.05, 0) is 49.6 Å². The van der Waals surface area contributed by atoms with Gasteiger partial charge in [0.25, 0.3) is 11.5 Å². The van der Waals surface area contributed by atoms with Crippen LogP contribution in [0.1, 0.15) is 54.2 Å². The molecule has 0 saturated heterocycles. The highest BCUT2D eigenvalue weighted by Gasteiger charge is 2.18. The fourth-order valence-electron chi connectivity index (χ4n) is 4.61. The molecule has 1 aromatic heterocycles. The van der Waals surface area contributed by atoms with Crippen LogP contribution in [0.4, 0.5) is 16.3 Å². The molecule has 0 saturated carbocycles. The molecule has 48 heavy (non-hydrogen) atoms. The number of aliphatic imine (C=N–C) groups is 1. The van der Waals surface area contributed by atoms with Gasteiger partial charge in [0.15, 0.2) is 5.82 Å². The topological polar surface area (TPSA) is 196 Å². The van der Waals surface area contributed by atoms with Crippen molar-refractivity contribution in [1.29, 1.82) is 0 Å². The maximum Gasteiger partial charge on any atom is 0.435 e. The van der Waals surface area contributed by atoms with Crippen LogP contribution in [0.5, 0.6) is 0 Å². The van der Waals surface area contributed by atoms with E-state index in [1.165, 1.54) is 10.8 Å². The zero-order valence-corrected chi connectivity index (χ0v) is 27.2. The lowest BCUT2D eigenvalue weighted by molar-refractivity contribution is -0.121. The lowest BCUT2D eigenvalue weighted by Gasteiger charge is -2.17. The Hall–Kier alpha value is -5.98. The first-order valence-corrected chi connectivity index (χ1v) is 15.5. The van der Waals surface area contributed by atoms with Gasteiger partial charge in [0.2, 0.25) is 5.91 Å². The standard InChI is InChI=1S/C35H40N8O5/c1-4-22(3)41-33(45)27-15-26(16-28(36)17-27)29-19-40-32(38-5-2)34(46)43(29)20-30(44)39-18-23-11-13-25(14-12-23)31(37)42-35(47)48-21-24-9-7-6-8-10-24/h6-17,19,22H,4-5,18,20-21,36H2,1-3H3,(H,38,40)(H,39,44)(H,41,45)(H2,37,42,47)/t22-/m1/s1. The van der Waals surface area contributed by atoms with E-state index in [0.29, 0.717) is 34.6 Å². The Kier molecular flexibility index (Phi) is 12.0. The van der Waals surface area contributed by atoms with Gasteiger partial charge in [0.1, 0.15) is 19.0 Å². The van der Waals surface area contributed by atoms with Crippen molar-refractivity contribution in [3.05, 3.63) is 112 Å². The third kappa shape index (κ3) is 9.52. The molecular weight excluding hydrogens is 612 g/mol. The molecule has 0 spiro atoms. The number of rotatable bonds is 13. The molecule has 0 aliphatic rings. The minimum Gasteiger partial charge on any atom is -0.443 e.